The molecule has 5 nitrogen and oxygen atoms in total. The zero-order valence-corrected chi connectivity index (χ0v) is 12.6. The van der Waals surface area contributed by atoms with E-state index < -0.39 is 27.9 Å². The van der Waals surface area contributed by atoms with Gasteiger partial charge in [-0.3, -0.25) is 4.79 Å². The lowest BCUT2D eigenvalue weighted by Crippen LogP contribution is -2.33. The quantitative estimate of drug-likeness (QED) is 0.807. The third-order valence-corrected chi connectivity index (χ3v) is 4.82. The molecule has 0 radical (unpaired) electrons. The lowest BCUT2D eigenvalue weighted by atomic mass is 9.85. The summed E-state index contributed by atoms with van der Waals surface area (Å²) in [7, 11) is 1.11. The zero-order chi connectivity index (χ0) is 15.6. The Morgan fingerprint density at radius 3 is 2.62 bits per heavy atom. The molecular formula is C12H15ClF2N2O3S. The fourth-order valence-corrected chi connectivity index (χ4v) is 2.89. The Kier molecular flexibility index (Phi) is 4.88. The second kappa shape index (κ2) is 6.31. The summed E-state index contributed by atoms with van der Waals surface area (Å²) in [4.78, 5) is 11.7. The van der Waals surface area contributed by atoms with Crippen LogP contribution < -0.4 is 5.32 Å². The van der Waals surface area contributed by atoms with E-state index in [1.165, 1.54) is 0 Å². The van der Waals surface area contributed by atoms with Gasteiger partial charge in [-0.05, 0) is 24.8 Å². The van der Waals surface area contributed by atoms with Gasteiger partial charge < -0.3 is 9.88 Å². The summed E-state index contributed by atoms with van der Waals surface area (Å²) in [5, 5.41) is 2.64. The van der Waals surface area contributed by atoms with Crippen molar-refractivity contribution in [1.82, 2.24) is 9.88 Å². The van der Waals surface area contributed by atoms with Crippen LogP contribution in [0, 0.1) is 5.92 Å². The third kappa shape index (κ3) is 4.16. The van der Waals surface area contributed by atoms with Crippen LogP contribution >= 0.6 is 10.7 Å². The Morgan fingerprint density at radius 2 is 2.14 bits per heavy atom. The standard InChI is InChI=1S/C12H15ClF2N2O3S/c13-21(19,20)9-4-10(17(6-9)7-11(14)15)12(18)16-5-8-2-1-3-8/h4,6,8,11H,1-3,5,7H2,(H,16,18). The van der Waals surface area contributed by atoms with Crippen molar-refractivity contribution in [3.63, 3.8) is 0 Å². The molecule has 2 rings (SSSR count). The lowest BCUT2D eigenvalue weighted by molar-refractivity contribution is 0.0916. The molecular weight excluding hydrogens is 326 g/mol. The number of halogens is 3. The highest BCUT2D eigenvalue weighted by atomic mass is 35.7. The molecule has 1 aliphatic rings. The molecule has 21 heavy (non-hydrogen) atoms. The van der Waals surface area contributed by atoms with Gasteiger partial charge in [-0.2, -0.15) is 0 Å². The van der Waals surface area contributed by atoms with Crippen molar-refractivity contribution in [2.24, 2.45) is 5.92 Å². The number of alkyl halides is 2. The first kappa shape index (κ1) is 16.2. The molecule has 0 spiro atoms. The van der Waals surface area contributed by atoms with E-state index in [2.05, 4.69) is 5.32 Å². The van der Waals surface area contributed by atoms with Crippen LogP contribution in [0.2, 0.25) is 0 Å². The van der Waals surface area contributed by atoms with Crippen molar-refractivity contribution >= 4 is 25.6 Å². The van der Waals surface area contributed by atoms with Crippen molar-refractivity contribution in [1.29, 1.82) is 0 Å². The molecule has 0 unspecified atom stereocenters. The molecule has 118 valence electrons. The molecule has 1 aliphatic carbocycles. The minimum atomic E-state index is -4.07. The molecule has 1 saturated carbocycles. The SMILES string of the molecule is O=C(NCC1CCC1)c1cc(S(=O)(=O)Cl)cn1CC(F)F. The van der Waals surface area contributed by atoms with Gasteiger partial charge in [0.1, 0.15) is 10.6 Å². The van der Waals surface area contributed by atoms with Crippen molar-refractivity contribution < 1.29 is 22.0 Å². The van der Waals surface area contributed by atoms with E-state index >= 15 is 0 Å². The van der Waals surface area contributed by atoms with Crippen molar-refractivity contribution in [2.75, 3.05) is 6.54 Å². The molecule has 0 aliphatic heterocycles. The molecule has 1 fully saturated rings. The van der Waals surface area contributed by atoms with Crippen LogP contribution in [0.4, 0.5) is 8.78 Å². The number of hydrogen-bond acceptors (Lipinski definition) is 3. The Labute approximate surface area is 125 Å². The number of rotatable bonds is 6. The molecule has 1 N–H and O–H groups in total. The Bertz CT molecular complexity index is 626. The first-order valence-corrected chi connectivity index (χ1v) is 8.79. The predicted octanol–water partition coefficient (Wildman–Crippen LogP) is 2.21. The Morgan fingerprint density at radius 1 is 1.48 bits per heavy atom. The van der Waals surface area contributed by atoms with Gasteiger partial charge in [0.2, 0.25) is 0 Å². The van der Waals surface area contributed by atoms with Crippen molar-refractivity contribution in [3.8, 4) is 0 Å². The second-order valence-electron chi connectivity index (χ2n) is 5.05. The average molecular weight is 341 g/mol. The van der Waals surface area contributed by atoms with Gasteiger partial charge in [0.25, 0.3) is 21.4 Å². The van der Waals surface area contributed by atoms with E-state index in [4.69, 9.17) is 10.7 Å². The fraction of sp³-hybridized carbons (Fsp3) is 0.583. The van der Waals surface area contributed by atoms with Crippen LogP contribution in [-0.2, 0) is 15.6 Å². The van der Waals surface area contributed by atoms with Gasteiger partial charge in [-0.25, -0.2) is 17.2 Å². The van der Waals surface area contributed by atoms with Gasteiger partial charge in [-0.1, -0.05) is 6.42 Å². The maximum absolute atomic E-state index is 12.5. The van der Waals surface area contributed by atoms with Gasteiger partial charge in [0, 0.05) is 23.4 Å². The molecule has 0 atom stereocenters. The molecule has 0 bridgehead atoms. The number of carbonyl (C=O) groups is 1. The summed E-state index contributed by atoms with van der Waals surface area (Å²) in [6.45, 7) is -0.305. The number of aromatic nitrogens is 1. The number of amides is 1. The first-order chi connectivity index (χ1) is 9.77. The maximum atomic E-state index is 12.5. The van der Waals surface area contributed by atoms with E-state index in [1.807, 2.05) is 0 Å². The third-order valence-electron chi connectivity index (χ3n) is 3.50. The summed E-state index contributed by atoms with van der Waals surface area (Å²) in [6, 6.07) is 1.01. The van der Waals surface area contributed by atoms with Crippen LogP contribution in [0.3, 0.4) is 0 Å². The largest absolute Gasteiger partial charge is 0.350 e. The van der Waals surface area contributed by atoms with Gasteiger partial charge in [0.05, 0.1) is 6.54 Å². The molecule has 1 aromatic heterocycles. The normalized spacial score (nSPS) is 16.0. The van der Waals surface area contributed by atoms with E-state index in [0.29, 0.717) is 12.5 Å². The molecule has 1 amide bonds. The van der Waals surface area contributed by atoms with Crippen molar-refractivity contribution in [2.45, 2.75) is 37.1 Å². The van der Waals surface area contributed by atoms with Gasteiger partial charge >= 0.3 is 0 Å². The predicted molar refractivity (Wildman–Crippen MR) is 73.1 cm³/mol. The molecule has 0 saturated heterocycles. The average Bonchev–Trinajstić information content (AvgIpc) is 2.69. The highest BCUT2D eigenvalue weighted by Gasteiger charge is 2.23. The highest BCUT2D eigenvalue weighted by Crippen LogP contribution is 2.25. The minimum Gasteiger partial charge on any atom is -0.350 e. The Hall–Kier alpha value is -1.15. The maximum Gasteiger partial charge on any atom is 0.267 e. The first-order valence-electron chi connectivity index (χ1n) is 6.48. The van der Waals surface area contributed by atoms with Crippen LogP contribution in [-0.4, -0.2) is 31.9 Å². The van der Waals surface area contributed by atoms with E-state index in [-0.39, 0.29) is 10.6 Å². The number of nitrogens with zero attached hydrogens (tertiary/aromatic N) is 1. The topological polar surface area (TPSA) is 68.2 Å². The van der Waals surface area contributed by atoms with Gasteiger partial charge in [0.15, 0.2) is 0 Å². The fourth-order valence-electron chi connectivity index (χ4n) is 2.13. The second-order valence-corrected chi connectivity index (χ2v) is 7.62. The van der Waals surface area contributed by atoms with E-state index in [9.17, 15) is 22.0 Å². The van der Waals surface area contributed by atoms with Crippen molar-refractivity contribution in [3.05, 3.63) is 18.0 Å². The summed E-state index contributed by atoms with van der Waals surface area (Å²) in [6.07, 6.45) is 1.42. The van der Waals surface area contributed by atoms with Crippen LogP contribution in [0.25, 0.3) is 0 Å². The smallest absolute Gasteiger partial charge is 0.267 e. The van der Waals surface area contributed by atoms with Gasteiger partial charge in [-0.15, -0.1) is 0 Å². The van der Waals surface area contributed by atoms with Crippen LogP contribution in [0.1, 0.15) is 29.8 Å². The number of carbonyl (C=O) groups excluding carboxylic acids is 1. The molecule has 1 aromatic rings. The van der Waals surface area contributed by atoms with E-state index in [1.54, 1.807) is 0 Å². The number of hydrogen-bond donors (Lipinski definition) is 1. The highest BCUT2D eigenvalue weighted by molar-refractivity contribution is 8.13. The monoisotopic (exact) mass is 340 g/mol. The molecule has 0 aromatic carbocycles. The zero-order valence-electron chi connectivity index (χ0n) is 11.1. The summed E-state index contributed by atoms with van der Waals surface area (Å²) in [5.41, 5.74) is -0.131. The van der Waals surface area contributed by atoms with Crippen LogP contribution in [0.5, 0.6) is 0 Å². The molecule has 1 heterocycles. The van der Waals surface area contributed by atoms with E-state index in [0.717, 1.165) is 36.1 Å². The molecule has 9 heteroatoms. The van der Waals surface area contributed by atoms with Crippen LogP contribution in [0.15, 0.2) is 17.2 Å². The summed E-state index contributed by atoms with van der Waals surface area (Å²) >= 11 is 0. The lowest BCUT2D eigenvalue weighted by Gasteiger charge is -2.25. The minimum absolute atomic E-state index is 0.131. The summed E-state index contributed by atoms with van der Waals surface area (Å²) in [5.74, 6) is -0.169. The number of nitrogens with one attached hydrogen (secondary N) is 1. The Balaban J connectivity index is 2.18. The summed E-state index contributed by atoms with van der Waals surface area (Å²) < 4.78 is 48.5.